The molecule has 1 saturated heterocycles. The summed E-state index contributed by atoms with van der Waals surface area (Å²) in [6.07, 6.45) is 5.79. The summed E-state index contributed by atoms with van der Waals surface area (Å²) < 4.78 is 0. The van der Waals surface area contributed by atoms with Gasteiger partial charge in [-0.2, -0.15) is 0 Å². The Kier molecular flexibility index (Phi) is 6.46. The van der Waals surface area contributed by atoms with E-state index in [0.29, 0.717) is 0 Å². The number of hydrogen-bond donors (Lipinski definition) is 1. The van der Waals surface area contributed by atoms with Gasteiger partial charge < -0.3 is 15.1 Å². The second-order valence-corrected chi connectivity index (χ2v) is 6.33. The molecule has 0 aliphatic carbocycles. The molecule has 0 saturated carbocycles. The average Bonchev–Trinajstić information content (AvgIpc) is 2.50. The van der Waals surface area contributed by atoms with Crippen LogP contribution in [0.2, 0.25) is 0 Å². The Hall–Kier alpha value is -1.13. The van der Waals surface area contributed by atoms with Crippen LogP contribution in [0.1, 0.15) is 31.7 Å². The van der Waals surface area contributed by atoms with Crippen LogP contribution in [0.4, 0.5) is 5.82 Å². The lowest BCUT2D eigenvalue weighted by molar-refractivity contribution is 0.222. The molecule has 21 heavy (non-hydrogen) atoms. The Morgan fingerprint density at radius 3 is 2.71 bits per heavy atom. The molecule has 1 aromatic heterocycles. The van der Waals surface area contributed by atoms with Crippen molar-refractivity contribution in [1.29, 1.82) is 0 Å². The van der Waals surface area contributed by atoms with Gasteiger partial charge in [-0.25, -0.2) is 4.98 Å². The van der Waals surface area contributed by atoms with Crippen LogP contribution in [0.3, 0.4) is 0 Å². The standard InChI is InChI=1S/C17H30N4/c1-4-9-18-12-16-5-6-17(19-13-16)21(3)14-15-7-10-20(2)11-8-15/h5-6,13,15,18H,4,7-12,14H2,1-3H3. The fourth-order valence-corrected chi connectivity index (χ4v) is 2.88. The molecular formula is C17H30N4. The number of pyridine rings is 1. The second-order valence-electron chi connectivity index (χ2n) is 6.33. The van der Waals surface area contributed by atoms with E-state index in [2.05, 4.69) is 53.3 Å². The third kappa shape index (κ3) is 5.29. The van der Waals surface area contributed by atoms with Crippen LogP contribution in [0.15, 0.2) is 18.3 Å². The average molecular weight is 290 g/mol. The monoisotopic (exact) mass is 290 g/mol. The van der Waals surface area contributed by atoms with E-state index >= 15 is 0 Å². The van der Waals surface area contributed by atoms with E-state index < -0.39 is 0 Å². The molecule has 1 aliphatic heterocycles. The van der Waals surface area contributed by atoms with E-state index in [-0.39, 0.29) is 0 Å². The molecule has 1 fully saturated rings. The van der Waals surface area contributed by atoms with Crippen LogP contribution in [-0.2, 0) is 6.54 Å². The maximum absolute atomic E-state index is 4.61. The van der Waals surface area contributed by atoms with Gasteiger partial charge in [0.15, 0.2) is 0 Å². The van der Waals surface area contributed by atoms with E-state index in [1.165, 1.54) is 37.9 Å². The molecule has 2 rings (SSSR count). The Morgan fingerprint density at radius 2 is 2.10 bits per heavy atom. The fraction of sp³-hybridized carbons (Fsp3) is 0.706. The molecule has 0 spiro atoms. The number of piperidine rings is 1. The summed E-state index contributed by atoms with van der Waals surface area (Å²) in [5.74, 6) is 1.90. The lowest BCUT2D eigenvalue weighted by atomic mass is 9.97. The van der Waals surface area contributed by atoms with Gasteiger partial charge >= 0.3 is 0 Å². The number of likely N-dealkylation sites (tertiary alicyclic amines) is 1. The molecule has 1 N–H and O–H groups in total. The summed E-state index contributed by atoms with van der Waals surface area (Å²) >= 11 is 0. The van der Waals surface area contributed by atoms with E-state index in [0.717, 1.165) is 31.4 Å². The predicted molar refractivity (Wildman–Crippen MR) is 89.7 cm³/mol. The summed E-state index contributed by atoms with van der Waals surface area (Å²) in [5.41, 5.74) is 1.26. The minimum absolute atomic E-state index is 0.805. The van der Waals surface area contributed by atoms with Gasteiger partial charge in [0.1, 0.15) is 5.82 Å². The highest BCUT2D eigenvalue weighted by molar-refractivity contribution is 5.38. The first-order valence-corrected chi connectivity index (χ1v) is 8.24. The zero-order chi connectivity index (χ0) is 15.1. The number of nitrogens with zero attached hydrogens (tertiary/aromatic N) is 3. The van der Waals surface area contributed by atoms with Crippen LogP contribution < -0.4 is 10.2 Å². The summed E-state index contributed by atoms with van der Waals surface area (Å²) in [6, 6.07) is 4.34. The maximum Gasteiger partial charge on any atom is 0.128 e. The third-order valence-electron chi connectivity index (χ3n) is 4.33. The minimum atomic E-state index is 0.805. The highest BCUT2D eigenvalue weighted by atomic mass is 15.2. The van der Waals surface area contributed by atoms with Crippen molar-refractivity contribution in [2.75, 3.05) is 45.2 Å². The molecule has 2 heterocycles. The number of aromatic nitrogens is 1. The SMILES string of the molecule is CCCNCc1ccc(N(C)CC2CCN(C)CC2)nc1. The smallest absolute Gasteiger partial charge is 0.128 e. The van der Waals surface area contributed by atoms with Gasteiger partial charge in [-0.1, -0.05) is 13.0 Å². The Labute approximate surface area is 129 Å². The molecule has 0 aromatic carbocycles. The van der Waals surface area contributed by atoms with Crippen LogP contribution in [-0.4, -0.2) is 50.2 Å². The molecule has 0 radical (unpaired) electrons. The normalized spacial score (nSPS) is 17.1. The van der Waals surface area contributed by atoms with Gasteiger partial charge in [0, 0.05) is 26.3 Å². The molecule has 118 valence electrons. The first kappa shape index (κ1) is 16.2. The highest BCUT2D eigenvalue weighted by Gasteiger charge is 2.18. The van der Waals surface area contributed by atoms with Crippen molar-refractivity contribution in [3.63, 3.8) is 0 Å². The molecular weight excluding hydrogens is 260 g/mol. The van der Waals surface area contributed by atoms with Crippen molar-refractivity contribution in [2.45, 2.75) is 32.7 Å². The molecule has 1 aliphatic rings. The van der Waals surface area contributed by atoms with Crippen molar-refractivity contribution >= 4 is 5.82 Å². The van der Waals surface area contributed by atoms with Gasteiger partial charge in [-0.15, -0.1) is 0 Å². The zero-order valence-corrected chi connectivity index (χ0v) is 13.8. The van der Waals surface area contributed by atoms with Gasteiger partial charge in [-0.3, -0.25) is 0 Å². The second kappa shape index (κ2) is 8.35. The Balaban J connectivity index is 1.80. The lowest BCUT2D eigenvalue weighted by Gasteiger charge is -2.32. The molecule has 1 aromatic rings. The van der Waals surface area contributed by atoms with Crippen molar-refractivity contribution in [2.24, 2.45) is 5.92 Å². The van der Waals surface area contributed by atoms with Gasteiger partial charge in [0.25, 0.3) is 0 Å². The van der Waals surface area contributed by atoms with Gasteiger partial charge in [0.05, 0.1) is 0 Å². The fourth-order valence-electron chi connectivity index (χ4n) is 2.88. The number of nitrogens with one attached hydrogen (secondary N) is 1. The highest BCUT2D eigenvalue weighted by Crippen LogP contribution is 2.19. The Bertz CT molecular complexity index is 396. The molecule has 0 bridgehead atoms. The lowest BCUT2D eigenvalue weighted by Crippen LogP contribution is -2.35. The number of anilines is 1. The zero-order valence-electron chi connectivity index (χ0n) is 13.8. The molecule has 4 heteroatoms. The summed E-state index contributed by atoms with van der Waals surface area (Å²) in [6.45, 7) is 7.75. The van der Waals surface area contributed by atoms with Crippen LogP contribution in [0.25, 0.3) is 0 Å². The maximum atomic E-state index is 4.61. The van der Waals surface area contributed by atoms with Gasteiger partial charge in [-0.05, 0) is 63.5 Å². The van der Waals surface area contributed by atoms with E-state index in [1.54, 1.807) is 0 Å². The summed E-state index contributed by atoms with van der Waals surface area (Å²) in [7, 11) is 4.38. The van der Waals surface area contributed by atoms with Crippen LogP contribution >= 0.6 is 0 Å². The number of rotatable bonds is 7. The van der Waals surface area contributed by atoms with Crippen molar-refractivity contribution in [1.82, 2.24) is 15.2 Å². The Morgan fingerprint density at radius 1 is 1.33 bits per heavy atom. The van der Waals surface area contributed by atoms with E-state index in [4.69, 9.17) is 0 Å². The number of hydrogen-bond acceptors (Lipinski definition) is 4. The minimum Gasteiger partial charge on any atom is -0.359 e. The first-order chi connectivity index (χ1) is 10.2. The van der Waals surface area contributed by atoms with Gasteiger partial charge in [0.2, 0.25) is 0 Å². The van der Waals surface area contributed by atoms with E-state index in [9.17, 15) is 0 Å². The summed E-state index contributed by atoms with van der Waals surface area (Å²) in [4.78, 5) is 9.34. The van der Waals surface area contributed by atoms with Crippen LogP contribution in [0, 0.1) is 5.92 Å². The molecule has 4 nitrogen and oxygen atoms in total. The molecule has 0 atom stereocenters. The molecule has 0 amide bonds. The topological polar surface area (TPSA) is 31.4 Å². The van der Waals surface area contributed by atoms with Crippen molar-refractivity contribution in [3.8, 4) is 0 Å². The van der Waals surface area contributed by atoms with E-state index in [1.807, 2.05) is 6.20 Å². The predicted octanol–water partition coefficient (Wildman–Crippen LogP) is 2.36. The van der Waals surface area contributed by atoms with Crippen LogP contribution in [0.5, 0.6) is 0 Å². The largest absolute Gasteiger partial charge is 0.359 e. The quantitative estimate of drug-likeness (QED) is 0.781. The van der Waals surface area contributed by atoms with Crippen molar-refractivity contribution < 1.29 is 0 Å². The first-order valence-electron chi connectivity index (χ1n) is 8.24. The summed E-state index contributed by atoms with van der Waals surface area (Å²) in [5, 5.41) is 3.41. The van der Waals surface area contributed by atoms with Crippen molar-refractivity contribution in [3.05, 3.63) is 23.9 Å². The molecule has 0 unspecified atom stereocenters. The third-order valence-corrected chi connectivity index (χ3v) is 4.33.